The van der Waals surface area contributed by atoms with Crippen molar-refractivity contribution >= 4 is 44.1 Å². The quantitative estimate of drug-likeness (QED) is 0.282. The molecule has 4 aromatic rings. The number of nitrogens with zero attached hydrogens (tertiary/aromatic N) is 3. The van der Waals surface area contributed by atoms with Gasteiger partial charge < -0.3 is 15.8 Å². The Balaban J connectivity index is 1.63. The van der Waals surface area contributed by atoms with E-state index in [1.807, 2.05) is 18.2 Å². The largest absolute Gasteiger partial charge is 0.493 e. The second-order valence-corrected chi connectivity index (χ2v) is 7.38. The maximum atomic E-state index is 12.5. The average Bonchev–Trinajstić information content (AvgIpc) is 3.01. The van der Waals surface area contributed by atoms with Crippen LogP contribution in [0.3, 0.4) is 0 Å². The Morgan fingerprint density at radius 3 is 2.62 bits per heavy atom. The molecular formula is C21H16BrN5O2. The summed E-state index contributed by atoms with van der Waals surface area (Å²) >= 11 is 3.38. The van der Waals surface area contributed by atoms with Crippen molar-refractivity contribution in [1.29, 1.82) is 0 Å². The second kappa shape index (κ2) is 7.48. The van der Waals surface area contributed by atoms with E-state index in [4.69, 9.17) is 5.73 Å². The van der Waals surface area contributed by atoms with Crippen LogP contribution in [0.15, 0.2) is 69.3 Å². The molecule has 2 aromatic heterocycles. The van der Waals surface area contributed by atoms with Crippen LogP contribution in [0.4, 0.5) is 11.4 Å². The molecule has 4 N–H and O–H groups in total. The second-order valence-electron chi connectivity index (χ2n) is 6.47. The molecule has 0 fully saturated rings. The van der Waals surface area contributed by atoms with Gasteiger partial charge in [-0.2, -0.15) is 0 Å². The van der Waals surface area contributed by atoms with E-state index >= 15 is 0 Å². The Morgan fingerprint density at radius 2 is 1.90 bits per heavy atom. The summed E-state index contributed by atoms with van der Waals surface area (Å²) < 4.78 is 0.824. The summed E-state index contributed by atoms with van der Waals surface area (Å²) in [4.78, 5) is 19.8. The first-order chi connectivity index (χ1) is 13.9. The van der Waals surface area contributed by atoms with E-state index in [0.29, 0.717) is 27.8 Å². The number of nitrogens with two attached hydrogens (primary N) is 1. The molecule has 0 atom stereocenters. The Morgan fingerprint density at radius 1 is 1.14 bits per heavy atom. The topological polar surface area (TPSA) is 117 Å². The molecule has 4 rings (SSSR count). The van der Waals surface area contributed by atoms with E-state index in [1.165, 1.54) is 0 Å². The number of H-pyrrole nitrogens is 1. The van der Waals surface area contributed by atoms with Gasteiger partial charge in [0.2, 0.25) is 5.88 Å². The fourth-order valence-corrected chi connectivity index (χ4v) is 3.35. The molecule has 0 aliphatic heterocycles. The van der Waals surface area contributed by atoms with Gasteiger partial charge in [-0.15, -0.1) is 10.2 Å². The van der Waals surface area contributed by atoms with Crippen LogP contribution in [0, 0.1) is 6.92 Å². The predicted molar refractivity (Wildman–Crippen MR) is 115 cm³/mol. The SMILES string of the molecule is Cc1nc(-c2ccc(N)cc2)ccc1C(=O)N=Nc1c(O)[nH]c2ccc(Br)cc12. The van der Waals surface area contributed by atoms with E-state index in [0.717, 1.165) is 15.7 Å². The van der Waals surface area contributed by atoms with Gasteiger partial charge >= 0.3 is 0 Å². The summed E-state index contributed by atoms with van der Waals surface area (Å²) in [5.74, 6) is -0.689. The van der Waals surface area contributed by atoms with Gasteiger partial charge in [0, 0.05) is 21.1 Å². The number of benzene rings is 2. The minimum atomic E-state index is -0.539. The number of carbonyl (C=O) groups is 1. The highest BCUT2D eigenvalue weighted by Gasteiger charge is 2.14. The van der Waals surface area contributed by atoms with Crippen LogP contribution < -0.4 is 5.73 Å². The highest BCUT2D eigenvalue weighted by Crippen LogP contribution is 2.37. The molecule has 7 nitrogen and oxygen atoms in total. The zero-order valence-electron chi connectivity index (χ0n) is 15.3. The van der Waals surface area contributed by atoms with Crippen LogP contribution in [0.5, 0.6) is 5.88 Å². The zero-order chi connectivity index (χ0) is 20.5. The number of aromatic nitrogens is 2. The van der Waals surface area contributed by atoms with Crippen molar-refractivity contribution in [3.8, 4) is 17.1 Å². The molecule has 0 saturated heterocycles. The summed E-state index contributed by atoms with van der Waals surface area (Å²) in [6, 6.07) is 16.2. The summed E-state index contributed by atoms with van der Waals surface area (Å²) in [6.45, 7) is 1.74. The van der Waals surface area contributed by atoms with Gasteiger partial charge in [-0.05, 0) is 49.4 Å². The van der Waals surface area contributed by atoms with Crippen LogP contribution in [-0.4, -0.2) is 21.0 Å². The first kappa shape index (κ1) is 18.8. The summed E-state index contributed by atoms with van der Waals surface area (Å²) in [7, 11) is 0. The number of aromatic hydroxyl groups is 1. The number of carbonyl (C=O) groups excluding carboxylic acids is 1. The monoisotopic (exact) mass is 449 g/mol. The number of hydrogen-bond donors (Lipinski definition) is 3. The maximum Gasteiger partial charge on any atom is 0.297 e. The third-order valence-electron chi connectivity index (χ3n) is 4.48. The van der Waals surface area contributed by atoms with E-state index in [1.54, 1.807) is 43.3 Å². The summed E-state index contributed by atoms with van der Waals surface area (Å²) in [5, 5.41) is 18.5. The molecule has 144 valence electrons. The van der Waals surface area contributed by atoms with Crippen molar-refractivity contribution in [2.45, 2.75) is 6.92 Å². The van der Waals surface area contributed by atoms with E-state index in [-0.39, 0.29) is 11.6 Å². The van der Waals surface area contributed by atoms with Gasteiger partial charge in [-0.3, -0.25) is 9.78 Å². The Labute approximate surface area is 174 Å². The molecule has 0 radical (unpaired) electrons. The highest BCUT2D eigenvalue weighted by molar-refractivity contribution is 9.10. The van der Waals surface area contributed by atoms with Crippen LogP contribution in [0.25, 0.3) is 22.2 Å². The van der Waals surface area contributed by atoms with Gasteiger partial charge in [0.05, 0.1) is 22.5 Å². The van der Waals surface area contributed by atoms with E-state index in [9.17, 15) is 9.90 Å². The lowest BCUT2D eigenvalue weighted by molar-refractivity contribution is 0.0994. The number of nitrogen functional groups attached to an aromatic ring is 1. The molecule has 29 heavy (non-hydrogen) atoms. The fraction of sp³-hybridized carbons (Fsp3) is 0.0476. The minimum absolute atomic E-state index is 0.150. The molecule has 8 heteroatoms. The number of anilines is 1. The number of nitrogens with one attached hydrogen (secondary N) is 1. The lowest BCUT2D eigenvalue weighted by Crippen LogP contribution is -2.00. The predicted octanol–water partition coefficient (Wildman–Crippen LogP) is 5.51. The van der Waals surface area contributed by atoms with E-state index in [2.05, 4.69) is 36.1 Å². The van der Waals surface area contributed by atoms with Crippen LogP contribution in [-0.2, 0) is 0 Å². The molecule has 1 amide bonds. The fourth-order valence-electron chi connectivity index (χ4n) is 2.99. The Kier molecular flexibility index (Phi) is 4.85. The zero-order valence-corrected chi connectivity index (χ0v) is 16.9. The van der Waals surface area contributed by atoms with Gasteiger partial charge in [0.1, 0.15) is 0 Å². The number of halogens is 1. The normalized spacial score (nSPS) is 11.4. The molecule has 0 saturated carbocycles. The molecule has 0 aliphatic rings. The summed E-state index contributed by atoms with van der Waals surface area (Å²) in [6.07, 6.45) is 0. The smallest absolute Gasteiger partial charge is 0.297 e. The number of pyridine rings is 1. The molecular weight excluding hydrogens is 434 g/mol. The summed E-state index contributed by atoms with van der Waals surface area (Å²) in [5.41, 5.74) is 9.80. The van der Waals surface area contributed by atoms with Crippen molar-refractivity contribution in [3.05, 3.63) is 70.3 Å². The first-order valence-electron chi connectivity index (χ1n) is 8.72. The van der Waals surface area contributed by atoms with Crippen molar-refractivity contribution in [2.24, 2.45) is 10.2 Å². The number of fused-ring (bicyclic) bond motifs is 1. The number of azo groups is 1. The van der Waals surface area contributed by atoms with Crippen LogP contribution in [0.1, 0.15) is 16.1 Å². The van der Waals surface area contributed by atoms with Gasteiger partial charge in [-0.25, -0.2) is 0 Å². The minimum Gasteiger partial charge on any atom is -0.493 e. The number of hydrogen-bond acceptors (Lipinski definition) is 5. The van der Waals surface area contributed by atoms with Crippen molar-refractivity contribution < 1.29 is 9.90 Å². The molecule has 0 unspecified atom stereocenters. The van der Waals surface area contributed by atoms with Gasteiger partial charge in [-0.1, -0.05) is 28.1 Å². The van der Waals surface area contributed by atoms with Crippen molar-refractivity contribution in [2.75, 3.05) is 5.73 Å². The Hall–Kier alpha value is -3.52. The molecule has 0 spiro atoms. The molecule has 2 aromatic carbocycles. The van der Waals surface area contributed by atoms with E-state index < -0.39 is 5.91 Å². The van der Waals surface area contributed by atoms with Crippen molar-refractivity contribution in [1.82, 2.24) is 9.97 Å². The molecule has 0 bridgehead atoms. The number of aryl methyl sites for hydroxylation is 1. The highest BCUT2D eigenvalue weighted by atomic mass is 79.9. The van der Waals surface area contributed by atoms with Crippen LogP contribution in [0.2, 0.25) is 0 Å². The molecule has 2 heterocycles. The third-order valence-corrected chi connectivity index (χ3v) is 4.97. The number of aromatic amines is 1. The Bertz CT molecular complexity index is 1260. The maximum absolute atomic E-state index is 12.5. The third kappa shape index (κ3) is 3.74. The number of amides is 1. The first-order valence-corrected chi connectivity index (χ1v) is 9.51. The lowest BCUT2D eigenvalue weighted by Gasteiger charge is -2.05. The molecule has 0 aliphatic carbocycles. The van der Waals surface area contributed by atoms with Gasteiger partial charge in [0.25, 0.3) is 5.91 Å². The lowest BCUT2D eigenvalue weighted by atomic mass is 10.1. The van der Waals surface area contributed by atoms with Crippen molar-refractivity contribution in [3.63, 3.8) is 0 Å². The standard InChI is InChI=1S/C21H16BrN5O2/c1-11-15(7-9-17(24-11)12-2-5-14(23)6-3-12)20(28)27-26-19-16-10-13(22)4-8-18(16)25-21(19)29/h2-10,25,29H,23H2,1H3. The van der Waals surface area contributed by atoms with Crippen LogP contribution >= 0.6 is 15.9 Å². The average molecular weight is 450 g/mol. The van der Waals surface area contributed by atoms with Gasteiger partial charge in [0.15, 0.2) is 5.69 Å². The number of rotatable bonds is 3.